The van der Waals surface area contributed by atoms with Crippen LogP contribution in [0.15, 0.2) is 18.2 Å². The first kappa shape index (κ1) is 13.9. The highest BCUT2D eigenvalue weighted by atomic mass is 16.5. The minimum absolute atomic E-state index is 0.0925. The number of hydrogen-bond acceptors (Lipinski definition) is 3. The van der Waals surface area contributed by atoms with Gasteiger partial charge in [0.15, 0.2) is 0 Å². The molecule has 0 aromatic heterocycles. The van der Waals surface area contributed by atoms with Gasteiger partial charge in [-0.1, -0.05) is 13.0 Å². The summed E-state index contributed by atoms with van der Waals surface area (Å²) in [6.45, 7) is 2.96. The Hall–Kier alpha value is -1.55. The van der Waals surface area contributed by atoms with Gasteiger partial charge < -0.3 is 9.84 Å². The fourth-order valence-electron chi connectivity index (χ4n) is 3.02. The predicted molar refractivity (Wildman–Crippen MR) is 73.5 cm³/mol. The molecular formula is C15H21NO3. The Balaban J connectivity index is 2.32. The van der Waals surface area contributed by atoms with E-state index in [1.54, 1.807) is 7.11 Å². The zero-order chi connectivity index (χ0) is 14.0. The maximum absolute atomic E-state index is 10.9. The van der Waals surface area contributed by atoms with Crippen LogP contribution in [0.5, 0.6) is 5.75 Å². The van der Waals surface area contributed by atoms with Crippen LogP contribution in [-0.2, 0) is 11.2 Å². The lowest BCUT2D eigenvalue weighted by Crippen LogP contribution is -2.36. The number of hydrogen-bond donors (Lipinski definition) is 1. The Morgan fingerprint density at radius 1 is 1.58 bits per heavy atom. The van der Waals surface area contributed by atoms with Crippen LogP contribution in [-0.4, -0.2) is 36.7 Å². The summed E-state index contributed by atoms with van der Waals surface area (Å²) in [5.41, 5.74) is 2.52. The molecule has 0 aliphatic carbocycles. The lowest BCUT2D eigenvalue weighted by molar-refractivity contribution is -0.138. The molecule has 0 amide bonds. The quantitative estimate of drug-likeness (QED) is 0.906. The summed E-state index contributed by atoms with van der Waals surface area (Å²) in [6, 6.07) is 6.28. The van der Waals surface area contributed by atoms with Crippen molar-refractivity contribution in [3.8, 4) is 5.75 Å². The molecule has 2 unspecified atom stereocenters. The van der Waals surface area contributed by atoms with E-state index in [0.29, 0.717) is 0 Å². The van der Waals surface area contributed by atoms with Crippen molar-refractivity contribution in [2.45, 2.75) is 25.8 Å². The zero-order valence-electron chi connectivity index (χ0n) is 11.7. The number of carboxylic acids is 1. The molecule has 4 nitrogen and oxygen atoms in total. The van der Waals surface area contributed by atoms with E-state index in [1.807, 2.05) is 13.0 Å². The van der Waals surface area contributed by atoms with Crippen molar-refractivity contribution in [1.29, 1.82) is 0 Å². The summed E-state index contributed by atoms with van der Waals surface area (Å²) in [5.74, 6) is 0.226. The minimum atomic E-state index is -0.735. The first-order valence-electron chi connectivity index (χ1n) is 6.61. The van der Waals surface area contributed by atoms with Crippen molar-refractivity contribution in [3.05, 3.63) is 29.3 Å². The first-order valence-corrected chi connectivity index (χ1v) is 6.61. The second-order valence-corrected chi connectivity index (χ2v) is 5.32. The summed E-state index contributed by atoms with van der Waals surface area (Å²) in [4.78, 5) is 13.2. The third kappa shape index (κ3) is 2.89. The summed E-state index contributed by atoms with van der Waals surface area (Å²) >= 11 is 0. The molecule has 104 valence electrons. The van der Waals surface area contributed by atoms with Crippen LogP contribution < -0.4 is 4.74 Å². The third-order valence-electron chi connectivity index (χ3n) is 3.91. The maximum Gasteiger partial charge on any atom is 0.303 e. The van der Waals surface area contributed by atoms with Gasteiger partial charge in [0.05, 0.1) is 7.11 Å². The Bertz CT molecular complexity index is 472. The highest BCUT2D eigenvalue weighted by Gasteiger charge is 2.30. The van der Waals surface area contributed by atoms with Crippen molar-refractivity contribution < 1.29 is 14.6 Å². The summed E-state index contributed by atoms with van der Waals surface area (Å²) in [5, 5.41) is 8.99. The van der Waals surface area contributed by atoms with Crippen molar-refractivity contribution >= 4 is 5.97 Å². The topological polar surface area (TPSA) is 49.8 Å². The molecule has 0 saturated carbocycles. The third-order valence-corrected chi connectivity index (χ3v) is 3.91. The smallest absolute Gasteiger partial charge is 0.303 e. The highest BCUT2D eigenvalue weighted by Crippen LogP contribution is 2.37. The summed E-state index contributed by atoms with van der Waals surface area (Å²) < 4.78 is 5.26. The van der Waals surface area contributed by atoms with Crippen molar-refractivity contribution in [3.63, 3.8) is 0 Å². The molecule has 0 fully saturated rings. The first-order chi connectivity index (χ1) is 9.02. The number of nitrogens with zero attached hydrogens (tertiary/aromatic N) is 1. The van der Waals surface area contributed by atoms with E-state index in [-0.39, 0.29) is 18.4 Å². The van der Waals surface area contributed by atoms with Gasteiger partial charge in [-0.15, -0.1) is 0 Å². The molecule has 1 aliphatic rings. The van der Waals surface area contributed by atoms with Crippen LogP contribution in [0.2, 0.25) is 0 Å². The second-order valence-electron chi connectivity index (χ2n) is 5.32. The number of benzene rings is 1. The van der Waals surface area contributed by atoms with Crippen LogP contribution in [0.4, 0.5) is 0 Å². The number of carboxylic acid groups (broad SMARTS) is 1. The molecular weight excluding hydrogens is 242 g/mol. The van der Waals surface area contributed by atoms with Gasteiger partial charge in [-0.05, 0) is 42.6 Å². The van der Waals surface area contributed by atoms with E-state index in [2.05, 4.69) is 24.1 Å². The second kappa shape index (κ2) is 5.61. The maximum atomic E-state index is 10.9. The van der Waals surface area contributed by atoms with Crippen LogP contribution in [0.1, 0.15) is 30.5 Å². The molecule has 1 heterocycles. The van der Waals surface area contributed by atoms with Crippen LogP contribution in [0, 0.1) is 5.92 Å². The number of fused-ring (bicyclic) bond motifs is 1. The molecule has 1 aliphatic heterocycles. The molecule has 0 saturated heterocycles. The predicted octanol–water partition coefficient (Wildman–Crippen LogP) is 2.33. The average Bonchev–Trinajstić information content (AvgIpc) is 2.37. The average molecular weight is 263 g/mol. The van der Waals surface area contributed by atoms with Gasteiger partial charge in [0.1, 0.15) is 5.75 Å². The molecule has 1 N–H and O–H groups in total. The Labute approximate surface area is 114 Å². The molecule has 19 heavy (non-hydrogen) atoms. The molecule has 4 heteroatoms. The van der Waals surface area contributed by atoms with Gasteiger partial charge in [-0.2, -0.15) is 0 Å². The molecule has 1 aromatic rings. The number of rotatable bonds is 4. The fraction of sp³-hybridized carbons (Fsp3) is 0.533. The highest BCUT2D eigenvalue weighted by molar-refractivity contribution is 5.67. The van der Waals surface area contributed by atoms with E-state index in [9.17, 15) is 4.79 Å². The minimum Gasteiger partial charge on any atom is -0.497 e. The Morgan fingerprint density at radius 3 is 2.95 bits per heavy atom. The molecule has 2 rings (SSSR count). The number of carbonyl (C=O) groups is 1. The Kier molecular flexibility index (Phi) is 4.10. The van der Waals surface area contributed by atoms with Crippen molar-refractivity contribution in [1.82, 2.24) is 4.90 Å². The normalized spacial score (nSPS) is 20.7. The van der Waals surface area contributed by atoms with Gasteiger partial charge in [0.2, 0.25) is 0 Å². The summed E-state index contributed by atoms with van der Waals surface area (Å²) in [6.07, 6.45) is 1.18. The van der Waals surface area contributed by atoms with E-state index >= 15 is 0 Å². The fourth-order valence-corrected chi connectivity index (χ4v) is 3.02. The molecule has 0 bridgehead atoms. The molecule has 0 spiro atoms. The van der Waals surface area contributed by atoms with Crippen molar-refractivity contribution in [2.75, 3.05) is 20.7 Å². The van der Waals surface area contributed by atoms with Gasteiger partial charge >= 0.3 is 5.97 Å². The lowest BCUT2D eigenvalue weighted by Gasteiger charge is -2.38. The van der Waals surface area contributed by atoms with E-state index in [0.717, 1.165) is 18.7 Å². The largest absolute Gasteiger partial charge is 0.497 e. The van der Waals surface area contributed by atoms with Crippen LogP contribution >= 0.6 is 0 Å². The monoisotopic (exact) mass is 263 g/mol. The summed E-state index contributed by atoms with van der Waals surface area (Å²) in [7, 11) is 3.73. The van der Waals surface area contributed by atoms with E-state index in [4.69, 9.17) is 9.84 Å². The van der Waals surface area contributed by atoms with Crippen LogP contribution in [0.25, 0.3) is 0 Å². The van der Waals surface area contributed by atoms with Gasteiger partial charge in [0, 0.05) is 19.0 Å². The van der Waals surface area contributed by atoms with Crippen LogP contribution in [0.3, 0.4) is 0 Å². The molecule has 0 radical (unpaired) electrons. The molecule has 1 aromatic carbocycles. The Morgan fingerprint density at radius 2 is 2.32 bits per heavy atom. The SMILES string of the molecule is COc1ccc2c(c1)CCN(C)C2C(C)CC(=O)O. The standard InChI is InChI=1S/C15H21NO3/c1-10(8-14(17)18)15-13-5-4-12(19-3)9-11(13)6-7-16(15)2/h4-5,9-10,15H,6-8H2,1-3H3,(H,17,18). The number of methoxy groups -OCH3 is 1. The lowest BCUT2D eigenvalue weighted by atomic mass is 9.84. The molecule has 2 atom stereocenters. The zero-order valence-corrected chi connectivity index (χ0v) is 11.7. The number of likely N-dealkylation sites (N-methyl/N-ethyl adjacent to an activating group) is 1. The van der Waals surface area contributed by atoms with Crippen molar-refractivity contribution in [2.24, 2.45) is 5.92 Å². The van der Waals surface area contributed by atoms with E-state index < -0.39 is 5.97 Å². The van der Waals surface area contributed by atoms with Gasteiger partial charge in [-0.3, -0.25) is 9.69 Å². The van der Waals surface area contributed by atoms with Gasteiger partial charge in [0.25, 0.3) is 0 Å². The van der Waals surface area contributed by atoms with Gasteiger partial charge in [-0.25, -0.2) is 0 Å². The number of ether oxygens (including phenoxy) is 1. The number of aliphatic carboxylic acids is 1. The van der Waals surface area contributed by atoms with E-state index in [1.165, 1.54) is 11.1 Å².